The fourth-order valence-electron chi connectivity index (χ4n) is 3.03. The molecule has 110 valence electrons. The van der Waals surface area contributed by atoms with Gasteiger partial charge in [-0.2, -0.15) is 0 Å². The Morgan fingerprint density at radius 2 is 1.85 bits per heavy atom. The van der Waals surface area contributed by atoms with Crippen molar-refractivity contribution in [3.05, 3.63) is 35.4 Å². The van der Waals surface area contributed by atoms with Crippen LogP contribution in [0.3, 0.4) is 0 Å². The highest BCUT2D eigenvalue weighted by Crippen LogP contribution is 2.33. The lowest BCUT2D eigenvalue weighted by Crippen LogP contribution is -2.43. The average molecular weight is 275 g/mol. The van der Waals surface area contributed by atoms with Crippen molar-refractivity contribution >= 4 is 6.09 Å². The van der Waals surface area contributed by atoms with Crippen LogP contribution in [0.4, 0.5) is 4.79 Å². The third-order valence-corrected chi connectivity index (χ3v) is 3.88. The molecule has 0 heterocycles. The van der Waals surface area contributed by atoms with Crippen LogP contribution in [-0.2, 0) is 11.2 Å². The highest BCUT2D eigenvalue weighted by molar-refractivity contribution is 5.68. The maximum atomic E-state index is 12.4. The first-order valence-corrected chi connectivity index (χ1v) is 7.57. The Hall–Kier alpha value is -1.51. The van der Waals surface area contributed by atoms with Gasteiger partial charge in [-0.15, -0.1) is 0 Å². The molecule has 0 saturated carbocycles. The number of fused-ring (bicyclic) bond motifs is 1. The molecule has 2 rings (SSSR count). The molecule has 1 aliphatic rings. The van der Waals surface area contributed by atoms with Gasteiger partial charge in [0.25, 0.3) is 0 Å². The number of hydrogen-bond donors (Lipinski definition) is 0. The second-order valence-electron chi connectivity index (χ2n) is 6.06. The van der Waals surface area contributed by atoms with Crippen LogP contribution in [0.15, 0.2) is 24.3 Å². The molecule has 1 aliphatic carbocycles. The lowest BCUT2D eigenvalue weighted by Gasteiger charge is -2.33. The van der Waals surface area contributed by atoms with Gasteiger partial charge in [-0.3, -0.25) is 0 Å². The molecule has 1 aromatic rings. The SMILES string of the molecule is CC(C)N(C(=O)OC1CCCc2ccccc21)C(C)C. The largest absolute Gasteiger partial charge is 0.441 e. The van der Waals surface area contributed by atoms with E-state index in [4.69, 9.17) is 4.74 Å². The summed E-state index contributed by atoms with van der Waals surface area (Å²) < 4.78 is 5.79. The molecule has 0 N–H and O–H groups in total. The van der Waals surface area contributed by atoms with Crippen LogP contribution in [0.5, 0.6) is 0 Å². The molecule has 1 aromatic carbocycles. The van der Waals surface area contributed by atoms with Crippen molar-refractivity contribution in [2.75, 3.05) is 0 Å². The van der Waals surface area contributed by atoms with Crippen molar-refractivity contribution in [2.45, 2.75) is 65.1 Å². The molecule has 1 atom stereocenters. The Balaban J connectivity index is 2.13. The smallest absolute Gasteiger partial charge is 0.410 e. The van der Waals surface area contributed by atoms with E-state index in [1.165, 1.54) is 11.1 Å². The van der Waals surface area contributed by atoms with E-state index in [9.17, 15) is 4.79 Å². The van der Waals surface area contributed by atoms with Crippen LogP contribution >= 0.6 is 0 Å². The lowest BCUT2D eigenvalue weighted by atomic mass is 9.89. The number of rotatable bonds is 3. The number of ether oxygens (including phenoxy) is 1. The third-order valence-electron chi connectivity index (χ3n) is 3.88. The maximum Gasteiger partial charge on any atom is 0.410 e. The molecule has 0 aromatic heterocycles. The molecule has 20 heavy (non-hydrogen) atoms. The van der Waals surface area contributed by atoms with Crippen LogP contribution in [0.2, 0.25) is 0 Å². The van der Waals surface area contributed by atoms with Gasteiger partial charge in [-0.05, 0) is 58.1 Å². The van der Waals surface area contributed by atoms with Crippen molar-refractivity contribution in [3.8, 4) is 0 Å². The second kappa shape index (κ2) is 6.29. The molecule has 0 fully saturated rings. The van der Waals surface area contributed by atoms with Gasteiger partial charge in [0.1, 0.15) is 6.10 Å². The molecule has 1 unspecified atom stereocenters. The normalized spacial score (nSPS) is 18.0. The zero-order chi connectivity index (χ0) is 14.7. The molecule has 0 radical (unpaired) electrons. The van der Waals surface area contributed by atoms with E-state index in [0.29, 0.717) is 0 Å². The monoisotopic (exact) mass is 275 g/mol. The maximum absolute atomic E-state index is 12.4. The van der Waals surface area contributed by atoms with Gasteiger partial charge in [0.2, 0.25) is 0 Å². The molecule has 1 amide bonds. The van der Waals surface area contributed by atoms with Gasteiger partial charge in [0, 0.05) is 12.1 Å². The van der Waals surface area contributed by atoms with Crippen LogP contribution < -0.4 is 0 Å². The second-order valence-corrected chi connectivity index (χ2v) is 6.06. The topological polar surface area (TPSA) is 29.5 Å². The van der Waals surface area contributed by atoms with E-state index >= 15 is 0 Å². The minimum atomic E-state index is -0.197. The summed E-state index contributed by atoms with van der Waals surface area (Å²) >= 11 is 0. The Morgan fingerprint density at radius 3 is 2.50 bits per heavy atom. The van der Waals surface area contributed by atoms with E-state index in [1.54, 1.807) is 4.90 Å². The third kappa shape index (κ3) is 3.14. The quantitative estimate of drug-likeness (QED) is 0.822. The number of nitrogens with zero attached hydrogens (tertiary/aromatic N) is 1. The van der Waals surface area contributed by atoms with Crippen molar-refractivity contribution < 1.29 is 9.53 Å². The summed E-state index contributed by atoms with van der Waals surface area (Å²) in [5.74, 6) is 0. The Bertz CT molecular complexity index is 460. The summed E-state index contributed by atoms with van der Waals surface area (Å²) in [6.07, 6.45) is 2.80. The summed E-state index contributed by atoms with van der Waals surface area (Å²) in [6.45, 7) is 8.10. The predicted octanol–water partition coefficient (Wildman–Crippen LogP) is 4.32. The molecular weight excluding hydrogens is 250 g/mol. The highest BCUT2D eigenvalue weighted by Gasteiger charge is 2.28. The number of hydrogen-bond acceptors (Lipinski definition) is 2. The van der Waals surface area contributed by atoms with Crippen molar-refractivity contribution in [1.82, 2.24) is 4.90 Å². The number of carbonyl (C=O) groups excluding carboxylic acids is 1. The zero-order valence-electron chi connectivity index (χ0n) is 12.9. The number of amides is 1. The first kappa shape index (κ1) is 14.9. The van der Waals surface area contributed by atoms with Gasteiger partial charge < -0.3 is 9.64 Å². The van der Waals surface area contributed by atoms with E-state index in [-0.39, 0.29) is 24.3 Å². The summed E-state index contributed by atoms with van der Waals surface area (Å²) in [5.41, 5.74) is 2.50. The predicted molar refractivity (Wildman–Crippen MR) is 80.7 cm³/mol. The van der Waals surface area contributed by atoms with Gasteiger partial charge in [0.05, 0.1) is 0 Å². The van der Waals surface area contributed by atoms with Gasteiger partial charge >= 0.3 is 6.09 Å². The lowest BCUT2D eigenvalue weighted by molar-refractivity contribution is 0.0383. The van der Waals surface area contributed by atoms with Gasteiger partial charge in [0.15, 0.2) is 0 Å². The van der Waals surface area contributed by atoms with E-state index in [0.717, 1.165) is 19.3 Å². The van der Waals surface area contributed by atoms with Crippen molar-refractivity contribution in [2.24, 2.45) is 0 Å². The summed E-state index contributed by atoms with van der Waals surface area (Å²) in [5, 5.41) is 0. The molecule has 0 bridgehead atoms. The number of aryl methyl sites for hydroxylation is 1. The minimum Gasteiger partial charge on any atom is -0.441 e. The Kier molecular flexibility index (Phi) is 4.69. The number of benzene rings is 1. The molecule has 0 saturated heterocycles. The standard InChI is InChI=1S/C17H25NO2/c1-12(2)18(13(3)4)17(19)20-16-11-7-9-14-8-5-6-10-15(14)16/h5-6,8,10,12-13,16H,7,9,11H2,1-4H3. The van der Waals surface area contributed by atoms with Gasteiger partial charge in [-0.25, -0.2) is 4.79 Å². The molecule has 0 aliphatic heterocycles. The number of carbonyl (C=O) groups is 1. The average Bonchev–Trinajstić information content (AvgIpc) is 2.38. The first-order chi connectivity index (χ1) is 9.50. The highest BCUT2D eigenvalue weighted by atomic mass is 16.6. The first-order valence-electron chi connectivity index (χ1n) is 7.57. The fraction of sp³-hybridized carbons (Fsp3) is 0.588. The molecular formula is C17H25NO2. The minimum absolute atomic E-state index is 0.0903. The van der Waals surface area contributed by atoms with Crippen molar-refractivity contribution in [3.63, 3.8) is 0 Å². The van der Waals surface area contributed by atoms with Crippen LogP contribution in [0.25, 0.3) is 0 Å². The molecule has 0 spiro atoms. The van der Waals surface area contributed by atoms with E-state index in [1.807, 2.05) is 33.8 Å². The fourth-order valence-corrected chi connectivity index (χ4v) is 3.03. The van der Waals surface area contributed by atoms with Gasteiger partial charge in [-0.1, -0.05) is 24.3 Å². The van der Waals surface area contributed by atoms with Crippen LogP contribution in [0.1, 0.15) is 57.8 Å². The Labute approximate surface area is 121 Å². The van der Waals surface area contributed by atoms with E-state index in [2.05, 4.69) is 18.2 Å². The van der Waals surface area contributed by atoms with Crippen LogP contribution in [-0.4, -0.2) is 23.1 Å². The summed E-state index contributed by atoms with van der Waals surface area (Å²) in [6, 6.07) is 8.60. The molecule has 3 nitrogen and oxygen atoms in total. The summed E-state index contributed by atoms with van der Waals surface area (Å²) in [7, 11) is 0. The Morgan fingerprint density at radius 1 is 1.20 bits per heavy atom. The van der Waals surface area contributed by atoms with Crippen LogP contribution in [0, 0.1) is 0 Å². The van der Waals surface area contributed by atoms with Crippen molar-refractivity contribution in [1.29, 1.82) is 0 Å². The summed E-state index contributed by atoms with van der Waals surface area (Å²) in [4.78, 5) is 14.2. The van der Waals surface area contributed by atoms with E-state index < -0.39 is 0 Å². The zero-order valence-corrected chi connectivity index (χ0v) is 12.9. The molecule has 3 heteroatoms.